The summed E-state index contributed by atoms with van der Waals surface area (Å²) in [5.41, 5.74) is 0.824. The molecule has 0 aliphatic rings. The number of aromatic nitrogens is 5. The van der Waals surface area contributed by atoms with Crippen LogP contribution in [0.1, 0.15) is 5.82 Å². The predicted octanol–water partition coefficient (Wildman–Crippen LogP) is 1.06. The van der Waals surface area contributed by atoms with Gasteiger partial charge in [-0.05, 0) is 6.07 Å². The fourth-order valence-electron chi connectivity index (χ4n) is 1.48. The molecule has 6 heteroatoms. The first kappa shape index (κ1) is 8.90. The Morgan fingerprint density at radius 2 is 2.31 bits per heavy atom. The summed E-state index contributed by atoms with van der Waals surface area (Å²) in [5.74, 6) is 1.69. The minimum Gasteiger partial charge on any atom is -0.363 e. The highest BCUT2D eigenvalue weighted by Crippen LogP contribution is 2.06. The van der Waals surface area contributed by atoms with Crippen molar-refractivity contribution in [3.63, 3.8) is 0 Å². The van der Waals surface area contributed by atoms with Crippen molar-refractivity contribution in [2.24, 2.45) is 0 Å². The molecule has 0 unspecified atom stereocenters. The SMILES string of the molecule is c1c[nH]c(CNc2ccn3nccc3n2)n1. The van der Waals surface area contributed by atoms with E-state index in [2.05, 4.69) is 25.4 Å². The highest BCUT2D eigenvalue weighted by molar-refractivity contribution is 5.45. The molecule has 16 heavy (non-hydrogen) atoms. The van der Waals surface area contributed by atoms with Gasteiger partial charge in [-0.1, -0.05) is 0 Å². The molecule has 3 aromatic heterocycles. The van der Waals surface area contributed by atoms with Crippen LogP contribution in [0.3, 0.4) is 0 Å². The van der Waals surface area contributed by atoms with Crippen molar-refractivity contribution in [1.29, 1.82) is 0 Å². The van der Waals surface area contributed by atoms with Crippen molar-refractivity contribution in [1.82, 2.24) is 24.6 Å². The van der Waals surface area contributed by atoms with Crippen LogP contribution in [-0.2, 0) is 6.54 Å². The Kier molecular flexibility index (Phi) is 2.03. The molecule has 0 aliphatic carbocycles. The van der Waals surface area contributed by atoms with Crippen LogP contribution >= 0.6 is 0 Å². The summed E-state index contributed by atoms with van der Waals surface area (Å²) in [7, 11) is 0. The topological polar surface area (TPSA) is 70.9 Å². The average Bonchev–Trinajstić information content (AvgIpc) is 2.97. The second-order valence-corrected chi connectivity index (χ2v) is 3.34. The Labute approximate surface area is 91.4 Å². The third kappa shape index (κ3) is 1.60. The quantitative estimate of drug-likeness (QED) is 0.684. The third-order valence-corrected chi connectivity index (χ3v) is 2.25. The third-order valence-electron chi connectivity index (χ3n) is 2.25. The largest absolute Gasteiger partial charge is 0.363 e. The van der Waals surface area contributed by atoms with E-state index in [1.54, 1.807) is 23.1 Å². The zero-order valence-corrected chi connectivity index (χ0v) is 8.46. The zero-order valence-electron chi connectivity index (χ0n) is 8.46. The van der Waals surface area contributed by atoms with E-state index in [0.717, 1.165) is 17.3 Å². The van der Waals surface area contributed by atoms with Gasteiger partial charge in [0.05, 0.1) is 12.7 Å². The molecule has 0 atom stereocenters. The standard InChI is InChI=1S/C10H10N6/c1-3-14-16-6-2-8(15-10(1)16)13-7-9-11-4-5-12-9/h1-6H,7H2,(H,11,12)(H,13,15). The van der Waals surface area contributed by atoms with Gasteiger partial charge in [0.1, 0.15) is 11.6 Å². The van der Waals surface area contributed by atoms with Crippen LogP contribution in [0.4, 0.5) is 5.82 Å². The number of H-pyrrole nitrogens is 1. The van der Waals surface area contributed by atoms with Gasteiger partial charge in [-0.2, -0.15) is 5.10 Å². The van der Waals surface area contributed by atoms with Gasteiger partial charge in [-0.15, -0.1) is 0 Å². The molecule has 80 valence electrons. The van der Waals surface area contributed by atoms with E-state index in [4.69, 9.17) is 0 Å². The van der Waals surface area contributed by atoms with Gasteiger partial charge >= 0.3 is 0 Å². The molecule has 0 fully saturated rings. The number of nitrogens with zero attached hydrogens (tertiary/aromatic N) is 4. The molecular formula is C10H10N6. The summed E-state index contributed by atoms with van der Waals surface area (Å²) >= 11 is 0. The van der Waals surface area contributed by atoms with E-state index in [9.17, 15) is 0 Å². The van der Waals surface area contributed by atoms with E-state index >= 15 is 0 Å². The number of nitrogens with one attached hydrogen (secondary N) is 2. The molecule has 0 amide bonds. The summed E-state index contributed by atoms with van der Waals surface area (Å²) in [5, 5.41) is 7.26. The molecule has 3 aromatic rings. The Hall–Kier alpha value is -2.37. The fraction of sp³-hybridized carbons (Fsp3) is 0.100. The Morgan fingerprint density at radius 1 is 1.31 bits per heavy atom. The predicted molar refractivity (Wildman–Crippen MR) is 58.9 cm³/mol. The van der Waals surface area contributed by atoms with E-state index < -0.39 is 0 Å². The van der Waals surface area contributed by atoms with Crippen LogP contribution < -0.4 is 5.32 Å². The molecule has 0 aromatic carbocycles. The lowest BCUT2D eigenvalue weighted by Gasteiger charge is -2.03. The van der Waals surface area contributed by atoms with Crippen LogP contribution in [0.25, 0.3) is 5.65 Å². The number of anilines is 1. The lowest BCUT2D eigenvalue weighted by molar-refractivity contribution is 0.930. The van der Waals surface area contributed by atoms with Gasteiger partial charge in [0, 0.05) is 24.7 Å². The summed E-state index contributed by atoms with van der Waals surface area (Å²) in [6, 6.07) is 3.74. The van der Waals surface area contributed by atoms with Gasteiger partial charge in [0.15, 0.2) is 5.65 Å². The highest BCUT2D eigenvalue weighted by atomic mass is 15.2. The van der Waals surface area contributed by atoms with Crippen molar-refractivity contribution in [3.8, 4) is 0 Å². The van der Waals surface area contributed by atoms with E-state index in [-0.39, 0.29) is 0 Å². The van der Waals surface area contributed by atoms with Crippen LogP contribution in [0.5, 0.6) is 0 Å². The van der Waals surface area contributed by atoms with E-state index in [1.165, 1.54) is 0 Å². The van der Waals surface area contributed by atoms with Crippen LogP contribution in [0, 0.1) is 0 Å². The maximum atomic E-state index is 4.38. The summed E-state index contributed by atoms with van der Waals surface area (Å²) in [4.78, 5) is 11.5. The molecule has 3 rings (SSSR count). The van der Waals surface area contributed by atoms with Gasteiger partial charge < -0.3 is 10.3 Å². The monoisotopic (exact) mass is 214 g/mol. The second kappa shape index (κ2) is 3.65. The van der Waals surface area contributed by atoms with Crippen molar-refractivity contribution in [2.45, 2.75) is 6.54 Å². The first-order valence-corrected chi connectivity index (χ1v) is 4.94. The summed E-state index contributed by atoms with van der Waals surface area (Å²) in [6.45, 7) is 0.629. The Morgan fingerprint density at radius 3 is 3.19 bits per heavy atom. The average molecular weight is 214 g/mol. The molecule has 0 radical (unpaired) electrons. The molecular weight excluding hydrogens is 204 g/mol. The lowest BCUT2D eigenvalue weighted by Crippen LogP contribution is -2.03. The first-order valence-electron chi connectivity index (χ1n) is 4.94. The Balaban J connectivity index is 1.78. The van der Waals surface area contributed by atoms with Crippen molar-refractivity contribution in [3.05, 3.63) is 42.7 Å². The maximum absolute atomic E-state index is 4.38. The molecule has 0 bridgehead atoms. The maximum Gasteiger partial charge on any atom is 0.157 e. The summed E-state index contributed by atoms with van der Waals surface area (Å²) < 4.78 is 1.72. The fourth-order valence-corrected chi connectivity index (χ4v) is 1.48. The number of rotatable bonds is 3. The smallest absolute Gasteiger partial charge is 0.157 e. The molecule has 0 saturated heterocycles. The van der Waals surface area contributed by atoms with Crippen molar-refractivity contribution >= 4 is 11.5 Å². The molecule has 0 aliphatic heterocycles. The van der Waals surface area contributed by atoms with Crippen molar-refractivity contribution in [2.75, 3.05) is 5.32 Å². The van der Waals surface area contributed by atoms with Gasteiger partial charge in [0.25, 0.3) is 0 Å². The van der Waals surface area contributed by atoms with E-state index in [1.807, 2.05) is 18.3 Å². The van der Waals surface area contributed by atoms with Gasteiger partial charge in [0.2, 0.25) is 0 Å². The van der Waals surface area contributed by atoms with E-state index in [0.29, 0.717) is 6.54 Å². The molecule has 0 spiro atoms. The van der Waals surface area contributed by atoms with Gasteiger partial charge in [-0.25, -0.2) is 14.5 Å². The normalized spacial score (nSPS) is 10.8. The highest BCUT2D eigenvalue weighted by Gasteiger charge is 1.99. The number of imidazole rings is 1. The number of hydrogen-bond donors (Lipinski definition) is 2. The number of aromatic amines is 1. The minimum atomic E-state index is 0.629. The van der Waals surface area contributed by atoms with Gasteiger partial charge in [-0.3, -0.25) is 0 Å². The lowest BCUT2D eigenvalue weighted by atomic mass is 10.5. The Bertz CT molecular complexity index is 582. The van der Waals surface area contributed by atoms with Crippen LogP contribution in [-0.4, -0.2) is 24.6 Å². The van der Waals surface area contributed by atoms with Crippen LogP contribution in [0.15, 0.2) is 36.9 Å². The number of fused-ring (bicyclic) bond motifs is 1. The summed E-state index contributed by atoms with van der Waals surface area (Å²) in [6.07, 6.45) is 7.11. The minimum absolute atomic E-state index is 0.629. The molecule has 2 N–H and O–H groups in total. The number of hydrogen-bond acceptors (Lipinski definition) is 4. The first-order chi connectivity index (χ1) is 7.92. The van der Waals surface area contributed by atoms with Crippen molar-refractivity contribution < 1.29 is 0 Å². The molecule has 3 heterocycles. The molecule has 0 saturated carbocycles. The second-order valence-electron chi connectivity index (χ2n) is 3.34. The zero-order chi connectivity index (χ0) is 10.8. The van der Waals surface area contributed by atoms with Crippen LogP contribution in [0.2, 0.25) is 0 Å². The molecule has 6 nitrogen and oxygen atoms in total.